The van der Waals surface area contributed by atoms with E-state index in [1.807, 2.05) is 42.5 Å². The fraction of sp³-hybridized carbons (Fsp3) is 0.136. The zero-order valence-corrected chi connectivity index (χ0v) is 15.3. The van der Waals surface area contributed by atoms with Gasteiger partial charge in [0.15, 0.2) is 6.10 Å². The van der Waals surface area contributed by atoms with Crippen LogP contribution < -0.4 is 10.3 Å². The van der Waals surface area contributed by atoms with Crippen molar-refractivity contribution in [1.29, 1.82) is 0 Å². The van der Waals surface area contributed by atoms with Crippen LogP contribution in [0.15, 0.2) is 59.5 Å². The minimum absolute atomic E-state index is 0.0762. The molecule has 2 aromatic carbocycles. The lowest BCUT2D eigenvalue weighted by Crippen LogP contribution is -2.24. The Labute approximate surface area is 159 Å². The Kier molecular flexibility index (Phi) is 3.49. The van der Waals surface area contributed by atoms with Crippen molar-refractivity contribution in [3.63, 3.8) is 0 Å². The Hall–Kier alpha value is -3.67. The van der Waals surface area contributed by atoms with Crippen LogP contribution in [0.4, 0.5) is 0 Å². The molecule has 6 nitrogen and oxygen atoms in total. The van der Waals surface area contributed by atoms with E-state index in [0.717, 1.165) is 32.7 Å². The van der Waals surface area contributed by atoms with Crippen LogP contribution in [-0.2, 0) is 9.53 Å². The highest BCUT2D eigenvalue weighted by Crippen LogP contribution is 2.34. The SMILES string of the molecule is COC(=O)C(C)Oc1ccc2c(c1)c1ccnc3c4ccccc4c(=O)n2c13. The minimum atomic E-state index is -0.727. The number of benzene rings is 2. The standard InChI is InChI=1S/C22H16N2O4/c1-12(22(26)27-2)28-13-7-8-18-17(11-13)15-9-10-23-19-14-5-3-4-6-16(14)21(25)24(18)20(15)19/h3-12H,1-2H3. The molecule has 0 spiro atoms. The van der Waals surface area contributed by atoms with Crippen molar-refractivity contribution in [2.24, 2.45) is 0 Å². The molecule has 6 heteroatoms. The summed E-state index contributed by atoms with van der Waals surface area (Å²) in [4.78, 5) is 29.4. The van der Waals surface area contributed by atoms with Gasteiger partial charge in [0.2, 0.25) is 0 Å². The van der Waals surface area contributed by atoms with E-state index >= 15 is 0 Å². The first-order valence-electron chi connectivity index (χ1n) is 8.92. The van der Waals surface area contributed by atoms with E-state index in [1.165, 1.54) is 7.11 Å². The second kappa shape index (κ2) is 5.92. The van der Waals surface area contributed by atoms with E-state index in [-0.39, 0.29) is 5.56 Å². The molecule has 0 saturated heterocycles. The normalized spacial score (nSPS) is 12.8. The number of methoxy groups -OCH3 is 1. The van der Waals surface area contributed by atoms with Crippen molar-refractivity contribution in [2.45, 2.75) is 13.0 Å². The van der Waals surface area contributed by atoms with Gasteiger partial charge >= 0.3 is 5.97 Å². The fourth-order valence-electron chi connectivity index (χ4n) is 3.84. The summed E-state index contributed by atoms with van der Waals surface area (Å²) in [5.41, 5.74) is 2.28. The average molecular weight is 372 g/mol. The first kappa shape index (κ1) is 16.5. The molecule has 138 valence electrons. The predicted molar refractivity (Wildman–Crippen MR) is 107 cm³/mol. The summed E-state index contributed by atoms with van der Waals surface area (Å²) in [6.45, 7) is 1.63. The van der Waals surface area contributed by atoms with E-state index in [9.17, 15) is 9.59 Å². The number of aromatic nitrogens is 2. The maximum Gasteiger partial charge on any atom is 0.346 e. The zero-order chi connectivity index (χ0) is 19.4. The van der Waals surface area contributed by atoms with Gasteiger partial charge < -0.3 is 9.47 Å². The Morgan fingerprint density at radius 2 is 1.82 bits per heavy atom. The summed E-state index contributed by atoms with van der Waals surface area (Å²) >= 11 is 0. The Balaban J connectivity index is 1.85. The highest BCUT2D eigenvalue weighted by atomic mass is 16.6. The van der Waals surface area contributed by atoms with Gasteiger partial charge in [-0.15, -0.1) is 0 Å². The van der Waals surface area contributed by atoms with E-state index in [2.05, 4.69) is 4.98 Å². The largest absolute Gasteiger partial charge is 0.479 e. The number of carbonyl (C=O) groups is 1. The van der Waals surface area contributed by atoms with Gasteiger partial charge in [-0.2, -0.15) is 0 Å². The molecule has 1 unspecified atom stereocenters. The summed E-state index contributed by atoms with van der Waals surface area (Å²) in [6.07, 6.45) is 1.02. The second-order valence-corrected chi connectivity index (χ2v) is 6.70. The summed E-state index contributed by atoms with van der Waals surface area (Å²) in [5, 5.41) is 3.25. The number of hydrogen-bond acceptors (Lipinski definition) is 5. The number of carbonyl (C=O) groups excluding carboxylic acids is 1. The van der Waals surface area contributed by atoms with E-state index < -0.39 is 12.1 Å². The van der Waals surface area contributed by atoms with Crippen molar-refractivity contribution in [1.82, 2.24) is 9.38 Å². The number of ether oxygens (including phenoxy) is 2. The highest BCUT2D eigenvalue weighted by Gasteiger charge is 2.19. The lowest BCUT2D eigenvalue weighted by molar-refractivity contribution is -0.147. The van der Waals surface area contributed by atoms with Gasteiger partial charge in [-0.1, -0.05) is 18.2 Å². The third kappa shape index (κ3) is 2.18. The second-order valence-electron chi connectivity index (χ2n) is 6.70. The van der Waals surface area contributed by atoms with Crippen LogP contribution in [0.3, 0.4) is 0 Å². The molecule has 0 amide bonds. The lowest BCUT2D eigenvalue weighted by Gasteiger charge is -2.12. The fourth-order valence-corrected chi connectivity index (χ4v) is 3.84. The molecule has 0 aliphatic rings. The summed E-state index contributed by atoms with van der Waals surface area (Å²) in [6, 6.07) is 14.8. The molecule has 0 fully saturated rings. The van der Waals surface area contributed by atoms with E-state index in [0.29, 0.717) is 11.1 Å². The molecule has 0 bridgehead atoms. The number of nitrogens with zero attached hydrogens (tertiary/aromatic N) is 2. The Bertz CT molecular complexity index is 1440. The zero-order valence-electron chi connectivity index (χ0n) is 15.3. The third-order valence-electron chi connectivity index (χ3n) is 5.11. The van der Waals surface area contributed by atoms with Crippen LogP contribution >= 0.6 is 0 Å². The van der Waals surface area contributed by atoms with Crippen LogP contribution in [0.2, 0.25) is 0 Å². The van der Waals surface area contributed by atoms with Crippen LogP contribution in [0.1, 0.15) is 6.92 Å². The number of esters is 1. The van der Waals surface area contributed by atoms with Gasteiger partial charge in [0.05, 0.1) is 23.7 Å². The van der Waals surface area contributed by atoms with Crippen LogP contribution in [0.5, 0.6) is 5.75 Å². The Morgan fingerprint density at radius 3 is 2.61 bits per heavy atom. The summed E-state index contributed by atoms with van der Waals surface area (Å²) < 4.78 is 12.1. The monoisotopic (exact) mass is 372 g/mol. The molecule has 0 aliphatic carbocycles. The van der Waals surface area contributed by atoms with E-state index in [1.54, 1.807) is 23.6 Å². The molecule has 3 aromatic heterocycles. The van der Waals surface area contributed by atoms with Crippen molar-refractivity contribution >= 4 is 44.1 Å². The average Bonchev–Trinajstić information content (AvgIpc) is 3.06. The molecule has 3 heterocycles. The molecule has 5 aromatic rings. The maximum absolute atomic E-state index is 13.2. The van der Waals surface area contributed by atoms with Gasteiger partial charge in [-0.05, 0) is 37.3 Å². The van der Waals surface area contributed by atoms with E-state index in [4.69, 9.17) is 9.47 Å². The first-order chi connectivity index (χ1) is 13.6. The maximum atomic E-state index is 13.2. The van der Waals surface area contributed by atoms with Crippen molar-refractivity contribution in [2.75, 3.05) is 7.11 Å². The molecule has 0 aliphatic heterocycles. The quantitative estimate of drug-likeness (QED) is 0.358. The van der Waals surface area contributed by atoms with Gasteiger partial charge in [0.25, 0.3) is 5.56 Å². The van der Waals surface area contributed by atoms with Gasteiger partial charge in [0, 0.05) is 27.7 Å². The number of fused-ring (bicyclic) bond motifs is 5. The van der Waals surface area contributed by atoms with Gasteiger partial charge in [-0.25, -0.2) is 4.79 Å². The molecular formula is C22H16N2O4. The van der Waals surface area contributed by atoms with Gasteiger partial charge in [0.1, 0.15) is 5.75 Å². The Morgan fingerprint density at radius 1 is 1.04 bits per heavy atom. The molecule has 0 N–H and O–H groups in total. The summed E-state index contributed by atoms with van der Waals surface area (Å²) in [5.74, 6) is 0.0876. The lowest BCUT2D eigenvalue weighted by atomic mass is 10.1. The molecule has 28 heavy (non-hydrogen) atoms. The molecule has 5 rings (SSSR count). The van der Waals surface area contributed by atoms with Crippen molar-refractivity contribution < 1.29 is 14.3 Å². The van der Waals surface area contributed by atoms with Crippen molar-refractivity contribution in [3.8, 4) is 5.75 Å². The highest BCUT2D eigenvalue weighted by molar-refractivity contribution is 6.18. The first-order valence-corrected chi connectivity index (χ1v) is 8.92. The number of pyridine rings is 2. The predicted octanol–water partition coefficient (Wildman–Crippen LogP) is 3.53. The van der Waals surface area contributed by atoms with Crippen LogP contribution in [0.25, 0.3) is 38.1 Å². The van der Waals surface area contributed by atoms with Crippen molar-refractivity contribution in [3.05, 3.63) is 65.1 Å². The molecule has 0 saturated carbocycles. The van der Waals surface area contributed by atoms with Crippen LogP contribution in [0, 0.1) is 0 Å². The third-order valence-corrected chi connectivity index (χ3v) is 5.11. The van der Waals surface area contributed by atoms with Gasteiger partial charge in [-0.3, -0.25) is 14.2 Å². The smallest absolute Gasteiger partial charge is 0.346 e. The summed E-state index contributed by atoms with van der Waals surface area (Å²) in [7, 11) is 1.33. The minimum Gasteiger partial charge on any atom is -0.479 e. The number of rotatable bonds is 3. The molecular weight excluding hydrogens is 356 g/mol. The molecule has 1 atom stereocenters. The topological polar surface area (TPSA) is 69.9 Å². The van der Waals surface area contributed by atoms with Crippen LogP contribution in [-0.4, -0.2) is 28.6 Å². The number of hydrogen-bond donors (Lipinski definition) is 0. The molecule has 0 radical (unpaired) electrons.